The summed E-state index contributed by atoms with van der Waals surface area (Å²) in [4.78, 5) is 0. The molecule has 0 aliphatic heterocycles. The zero-order valence-electron chi connectivity index (χ0n) is 7.29. The van der Waals surface area contributed by atoms with Crippen molar-refractivity contribution in [1.29, 1.82) is 0 Å². The van der Waals surface area contributed by atoms with Crippen LogP contribution in [0.5, 0.6) is 0 Å². The predicted octanol–water partition coefficient (Wildman–Crippen LogP) is 0.559. The second-order valence-electron chi connectivity index (χ2n) is 2.33. The van der Waals surface area contributed by atoms with Crippen LogP contribution in [0.25, 0.3) is 0 Å². The summed E-state index contributed by atoms with van der Waals surface area (Å²) in [5, 5.41) is 0. The van der Waals surface area contributed by atoms with E-state index in [9.17, 15) is 12.3 Å². The predicted molar refractivity (Wildman–Crippen MR) is 43.8 cm³/mol. The summed E-state index contributed by atoms with van der Waals surface area (Å²) in [5.41, 5.74) is 0. The molecule has 4 nitrogen and oxygen atoms in total. The van der Waals surface area contributed by atoms with Crippen molar-refractivity contribution in [3.63, 3.8) is 0 Å². The molecule has 0 unspecified atom stereocenters. The minimum Gasteiger partial charge on any atom is -0.383 e. The lowest BCUT2D eigenvalue weighted by molar-refractivity contribution is 0.177. The fraction of sp³-hybridized carbons (Fsp3) is 1.00. The van der Waals surface area contributed by atoms with Gasteiger partial charge in [-0.1, -0.05) is 10.8 Å². The Kier molecular flexibility index (Phi) is 5.36. The Hall–Kier alpha value is -0.200. The topological polar surface area (TPSA) is 46.6 Å². The molecule has 12 heavy (non-hydrogen) atoms. The third-order valence-corrected chi connectivity index (χ3v) is 2.31. The second kappa shape index (κ2) is 5.45. The average molecular weight is 199 g/mol. The molecule has 0 radical (unpaired) electrons. The van der Waals surface area contributed by atoms with Crippen molar-refractivity contribution in [3.8, 4) is 0 Å². The van der Waals surface area contributed by atoms with Crippen LogP contribution < -0.4 is 0 Å². The molecule has 0 amide bonds. The van der Waals surface area contributed by atoms with E-state index in [2.05, 4.69) is 4.74 Å². The van der Waals surface area contributed by atoms with Crippen molar-refractivity contribution in [2.45, 2.75) is 13.3 Å². The first-order chi connectivity index (χ1) is 5.52. The van der Waals surface area contributed by atoms with Gasteiger partial charge < -0.3 is 4.74 Å². The monoisotopic (exact) mass is 199 g/mol. The van der Waals surface area contributed by atoms with E-state index in [1.54, 1.807) is 6.92 Å². The van der Waals surface area contributed by atoms with Gasteiger partial charge in [0, 0.05) is 20.2 Å². The number of halogens is 1. The first-order valence-corrected chi connectivity index (χ1v) is 5.05. The number of methoxy groups -OCH3 is 1. The Morgan fingerprint density at radius 2 is 2.00 bits per heavy atom. The molecule has 0 aliphatic rings. The second-order valence-corrected chi connectivity index (χ2v) is 3.67. The molecule has 0 fully saturated rings. The Balaban J connectivity index is 4.05. The minimum absolute atomic E-state index is 0.0726. The Morgan fingerprint density at radius 1 is 1.42 bits per heavy atom. The van der Waals surface area contributed by atoms with Gasteiger partial charge in [0.2, 0.25) is 0 Å². The maximum atomic E-state index is 12.4. The third kappa shape index (κ3) is 4.63. The normalized spacial score (nSPS) is 12.3. The Bertz CT molecular complexity index is 205. The lowest BCUT2D eigenvalue weighted by Gasteiger charge is -2.14. The van der Waals surface area contributed by atoms with Gasteiger partial charge in [-0.05, 0) is 6.42 Å². The van der Waals surface area contributed by atoms with Crippen molar-refractivity contribution < 1.29 is 17.0 Å². The molecular weight excluding hydrogens is 185 g/mol. The summed E-state index contributed by atoms with van der Waals surface area (Å²) in [6.07, 6.45) is 0.590. The molecule has 0 aromatic rings. The number of hydrogen-bond acceptors (Lipinski definition) is 3. The van der Waals surface area contributed by atoms with Crippen molar-refractivity contribution in [2.24, 2.45) is 0 Å². The number of hydrogen-bond donors (Lipinski definition) is 0. The minimum atomic E-state index is -4.55. The van der Waals surface area contributed by atoms with Crippen LogP contribution in [0.15, 0.2) is 0 Å². The van der Waals surface area contributed by atoms with Gasteiger partial charge in [-0.2, -0.15) is 12.7 Å². The van der Waals surface area contributed by atoms with Gasteiger partial charge in [-0.15, -0.1) is 0 Å². The van der Waals surface area contributed by atoms with E-state index < -0.39 is 10.4 Å². The summed E-state index contributed by atoms with van der Waals surface area (Å²) in [6, 6.07) is 0. The lowest BCUT2D eigenvalue weighted by Crippen LogP contribution is -2.31. The number of rotatable bonds is 6. The van der Waals surface area contributed by atoms with Gasteiger partial charge >= 0.3 is 10.4 Å². The molecule has 0 aromatic heterocycles. The molecular formula is C6H14FNO3S. The van der Waals surface area contributed by atoms with E-state index >= 15 is 0 Å². The highest BCUT2D eigenvalue weighted by Gasteiger charge is 2.18. The van der Waals surface area contributed by atoms with Gasteiger partial charge in [0.25, 0.3) is 0 Å². The van der Waals surface area contributed by atoms with Gasteiger partial charge in [0.1, 0.15) is 0 Å². The summed E-state index contributed by atoms with van der Waals surface area (Å²) in [7, 11) is -3.11. The summed E-state index contributed by atoms with van der Waals surface area (Å²) < 4.78 is 38.7. The van der Waals surface area contributed by atoms with E-state index in [-0.39, 0.29) is 19.7 Å². The fourth-order valence-electron chi connectivity index (χ4n) is 0.772. The zero-order chi connectivity index (χ0) is 9.61. The van der Waals surface area contributed by atoms with Crippen LogP contribution in [0.2, 0.25) is 0 Å². The van der Waals surface area contributed by atoms with Crippen LogP contribution in [0, 0.1) is 0 Å². The van der Waals surface area contributed by atoms with Gasteiger partial charge in [0.05, 0.1) is 6.61 Å². The first-order valence-electron chi connectivity index (χ1n) is 3.71. The van der Waals surface area contributed by atoms with Crippen molar-refractivity contribution >= 4 is 10.4 Å². The van der Waals surface area contributed by atoms with E-state index in [0.29, 0.717) is 6.42 Å². The summed E-state index contributed by atoms with van der Waals surface area (Å²) >= 11 is 0. The molecule has 0 rings (SSSR count). The first kappa shape index (κ1) is 11.8. The Morgan fingerprint density at radius 3 is 2.33 bits per heavy atom. The smallest absolute Gasteiger partial charge is 0.374 e. The Labute approximate surface area is 72.7 Å². The highest BCUT2D eigenvalue weighted by molar-refractivity contribution is 7.83. The van der Waals surface area contributed by atoms with Crippen LogP contribution in [-0.4, -0.2) is 39.5 Å². The molecule has 0 N–H and O–H groups in total. The molecule has 0 spiro atoms. The average Bonchev–Trinajstić information content (AvgIpc) is 1.95. The van der Waals surface area contributed by atoms with Crippen LogP contribution >= 0.6 is 0 Å². The van der Waals surface area contributed by atoms with Crippen LogP contribution in [0.1, 0.15) is 13.3 Å². The molecule has 0 saturated carbocycles. The van der Waals surface area contributed by atoms with Crippen LogP contribution in [0.3, 0.4) is 0 Å². The third-order valence-electron chi connectivity index (χ3n) is 1.33. The molecule has 6 heteroatoms. The maximum Gasteiger partial charge on any atom is 0.374 e. The number of nitrogens with zero attached hydrogens (tertiary/aromatic N) is 1. The molecule has 0 aromatic carbocycles. The standard InChI is InChI=1S/C6H14FNO3S/c1-3-4-8(5-6-11-2)12(7,9)10/h3-6H2,1-2H3. The maximum absolute atomic E-state index is 12.4. The van der Waals surface area contributed by atoms with Gasteiger partial charge in [-0.3, -0.25) is 0 Å². The molecule has 0 heterocycles. The fourth-order valence-corrected chi connectivity index (χ4v) is 1.47. The van der Waals surface area contributed by atoms with E-state index in [4.69, 9.17) is 0 Å². The quantitative estimate of drug-likeness (QED) is 0.587. The van der Waals surface area contributed by atoms with Crippen LogP contribution in [-0.2, 0) is 15.1 Å². The highest BCUT2D eigenvalue weighted by atomic mass is 32.3. The van der Waals surface area contributed by atoms with Crippen molar-refractivity contribution in [3.05, 3.63) is 0 Å². The number of ether oxygens (including phenoxy) is 1. The highest BCUT2D eigenvalue weighted by Crippen LogP contribution is 2.02. The molecule has 0 bridgehead atoms. The molecule has 0 aliphatic carbocycles. The van der Waals surface area contributed by atoms with Crippen molar-refractivity contribution in [2.75, 3.05) is 26.8 Å². The molecule has 74 valence electrons. The van der Waals surface area contributed by atoms with Crippen LogP contribution in [0.4, 0.5) is 3.89 Å². The zero-order valence-corrected chi connectivity index (χ0v) is 8.10. The largest absolute Gasteiger partial charge is 0.383 e. The molecule has 0 atom stereocenters. The van der Waals surface area contributed by atoms with Gasteiger partial charge in [0.15, 0.2) is 0 Å². The van der Waals surface area contributed by atoms with E-state index in [1.807, 2.05) is 0 Å². The van der Waals surface area contributed by atoms with E-state index in [0.717, 1.165) is 4.31 Å². The van der Waals surface area contributed by atoms with E-state index in [1.165, 1.54) is 7.11 Å². The van der Waals surface area contributed by atoms with Gasteiger partial charge in [-0.25, -0.2) is 0 Å². The summed E-state index contributed by atoms with van der Waals surface area (Å²) in [5.74, 6) is 0. The molecule has 0 saturated heterocycles. The SMILES string of the molecule is CCCN(CCOC)S(=O)(=O)F. The van der Waals surface area contributed by atoms with Crippen molar-refractivity contribution in [1.82, 2.24) is 4.31 Å². The summed E-state index contributed by atoms with van der Waals surface area (Å²) in [6.45, 7) is 2.26. The lowest BCUT2D eigenvalue weighted by atomic mass is 10.5.